The zero-order valence-electron chi connectivity index (χ0n) is 19.0. The Bertz CT molecular complexity index is 1060. The molecule has 0 N–H and O–H groups in total. The van der Waals surface area contributed by atoms with Gasteiger partial charge < -0.3 is 9.64 Å². The molecule has 3 aliphatic rings. The molecule has 1 aliphatic carbocycles. The van der Waals surface area contributed by atoms with Crippen LogP contribution in [0.5, 0.6) is 0 Å². The first-order valence-electron chi connectivity index (χ1n) is 11.7. The monoisotopic (exact) mass is 430 g/mol. The van der Waals surface area contributed by atoms with Crippen molar-refractivity contribution < 1.29 is 14.3 Å². The first-order valence-corrected chi connectivity index (χ1v) is 11.7. The minimum Gasteiger partial charge on any atom is -0.483 e. The molecule has 1 fully saturated rings. The standard InChI is InChI=1S/C27H30N2O3/c1-4-18-7-9-20(10-8-18)23-22-24(30)21-13-16(2)12-17(3)25(21)32-26(22)27(31)29(23)15-19-6-5-11-28-14-19/h5-11,14,16-17,21,23,25H,4,12-13,15H2,1-3H3. The number of carbonyl (C=O) groups is 2. The molecular weight excluding hydrogens is 400 g/mol. The summed E-state index contributed by atoms with van der Waals surface area (Å²) >= 11 is 0. The first-order chi connectivity index (χ1) is 15.5. The second-order valence-corrected chi connectivity index (χ2v) is 9.64. The van der Waals surface area contributed by atoms with E-state index in [9.17, 15) is 9.59 Å². The van der Waals surface area contributed by atoms with Gasteiger partial charge in [-0.2, -0.15) is 0 Å². The lowest BCUT2D eigenvalue weighted by atomic mass is 9.70. The average molecular weight is 431 g/mol. The van der Waals surface area contributed by atoms with Gasteiger partial charge in [0.15, 0.2) is 11.5 Å². The Kier molecular flexibility index (Phi) is 5.36. The molecular formula is C27H30N2O3. The molecule has 166 valence electrons. The highest BCUT2D eigenvalue weighted by Gasteiger charge is 2.53. The van der Waals surface area contributed by atoms with Crippen LogP contribution in [0.15, 0.2) is 60.1 Å². The minimum atomic E-state index is -0.426. The summed E-state index contributed by atoms with van der Waals surface area (Å²) in [6.07, 6.45) is 6.07. The van der Waals surface area contributed by atoms with Crippen molar-refractivity contribution in [3.63, 3.8) is 0 Å². The molecule has 5 rings (SSSR count). The molecule has 1 saturated carbocycles. The van der Waals surface area contributed by atoms with Gasteiger partial charge in [-0.3, -0.25) is 14.6 Å². The van der Waals surface area contributed by atoms with E-state index in [0.29, 0.717) is 18.0 Å². The minimum absolute atomic E-state index is 0.0984. The van der Waals surface area contributed by atoms with Crippen LogP contribution < -0.4 is 0 Å². The highest BCUT2D eigenvalue weighted by molar-refractivity contribution is 6.11. The molecule has 0 radical (unpaired) electrons. The Morgan fingerprint density at radius 1 is 1.06 bits per heavy atom. The third kappa shape index (κ3) is 3.44. The number of nitrogens with zero attached hydrogens (tertiary/aromatic N) is 2. The van der Waals surface area contributed by atoms with Crippen LogP contribution in [0.3, 0.4) is 0 Å². The van der Waals surface area contributed by atoms with Gasteiger partial charge >= 0.3 is 0 Å². The molecule has 1 aromatic carbocycles. The van der Waals surface area contributed by atoms with E-state index in [2.05, 4.69) is 50.0 Å². The molecule has 0 spiro atoms. The molecule has 2 aromatic rings. The van der Waals surface area contributed by atoms with Gasteiger partial charge in [-0.1, -0.05) is 51.1 Å². The van der Waals surface area contributed by atoms with Gasteiger partial charge in [-0.05, 0) is 53.9 Å². The normalized spacial score (nSPS) is 29.6. The lowest BCUT2D eigenvalue weighted by Crippen LogP contribution is -2.45. The molecule has 32 heavy (non-hydrogen) atoms. The number of ether oxygens (including phenoxy) is 1. The number of hydrogen-bond acceptors (Lipinski definition) is 4. The fraction of sp³-hybridized carbons (Fsp3) is 0.444. The van der Waals surface area contributed by atoms with E-state index in [1.54, 1.807) is 17.3 Å². The number of aromatic nitrogens is 1. The van der Waals surface area contributed by atoms with Crippen LogP contribution >= 0.6 is 0 Å². The number of pyridine rings is 1. The zero-order valence-corrected chi connectivity index (χ0v) is 19.0. The van der Waals surface area contributed by atoms with E-state index >= 15 is 0 Å². The number of aryl methyl sites for hydroxylation is 1. The van der Waals surface area contributed by atoms with Crippen LogP contribution in [-0.2, 0) is 27.3 Å². The van der Waals surface area contributed by atoms with Crippen LogP contribution in [-0.4, -0.2) is 27.7 Å². The van der Waals surface area contributed by atoms with E-state index < -0.39 is 6.04 Å². The van der Waals surface area contributed by atoms with E-state index in [1.807, 2.05) is 12.1 Å². The summed E-state index contributed by atoms with van der Waals surface area (Å²) in [6.45, 7) is 6.85. The average Bonchev–Trinajstić information content (AvgIpc) is 3.07. The molecule has 0 bridgehead atoms. The third-order valence-electron chi connectivity index (χ3n) is 7.31. The Balaban J connectivity index is 1.58. The number of rotatable bonds is 4. The Morgan fingerprint density at radius 3 is 2.53 bits per heavy atom. The highest BCUT2D eigenvalue weighted by atomic mass is 16.5. The smallest absolute Gasteiger partial charge is 0.290 e. The number of carbonyl (C=O) groups excluding carboxylic acids is 2. The highest BCUT2D eigenvalue weighted by Crippen LogP contribution is 2.49. The maximum absolute atomic E-state index is 13.9. The predicted molar refractivity (Wildman–Crippen MR) is 121 cm³/mol. The maximum atomic E-state index is 13.9. The summed E-state index contributed by atoms with van der Waals surface area (Å²) in [7, 11) is 0. The van der Waals surface area contributed by atoms with Crippen molar-refractivity contribution >= 4 is 11.7 Å². The molecule has 1 amide bonds. The van der Waals surface area contributed by atoms with Crippen LogP contribution in [0, 0.1) is 17.8 Å². The fourth-order valence-electron chi connectivity index (χ4n) is 5.76. The molecule has 3 heterocycles. The number of hydrogen-bond donors (Lipinski definition) is 0. The van der Waals surface area contributed by atoms with Crippen molar-refractivity contribution in [3.05, 3.63) is 76.8 Å². The molecule has 1 aromatic heterocycles. The van der Waals surface area contributed by atoms with E-state index in [4.69, 9.17) is 4.74 Å². The SMILES string of the molecule is CCc1ccc(C2C3=C(OC4C(C)CC(C)CC4C3=O)C(=O)N2Cc2cccnc2)cc1. The first kappa shape index (κ1) is 20.9. The largest absolute Gasteiger partial charge is 0.483 e. The summed E-state index contributed by atoms with van der Waals surface area (Å²) in [5.74, 6) is 0.741. The molecule has 2 aliphatic heterocycles. The lowest BCUT2D eigenvalue weighted by Gasteiger charge is -2.41. The van der Waals surface area contributed by atoms with Crippen LogP contribution in [0.1, 0.15) is 56.3 Å². The van der Waals surface area contributed by atoms with Crippen molar-refractivity contribution in [1.82, 2.24) is 9.88 Å². The molecule has 5 heteroatoms. The Labute approximate surface area is 189 Å². The quantitative estimate of drug-likeness (QED) is 0.710. The number of ketones is 1. The number of benzene rings is 1. The van der Waals surface area contributed by atoms with Crippen molar-refractivity contribution in [2.75, 3.05) is 0 Å². The Morgan fingerprint density at radius 2 is 1.84 bits per heavy atom. The molecule has 5 nitrogen and oxygen atoms in total. The maximum Gasteiger partial charge on any atom is 0.290 e. The summed E-state index contributed by atoms with van der Waals surface area (Å²) in [5, 5.41) is 0. The lowest BCUT2D eigenvalue weighted by molar-refractivity contribution is -0.139. The summed E-state index contributed by atoms with van der Waals surface area (Å²) in [4.78, 5) is 33.5. The van der Waals surface area contributed by atoms with Gasteiger partial charge in [0.2, 0.25) is 0 Å². The van der Waals surface area contributed by atoms with Gasteiger partial charge in [0.25, 0.3) is 5.91 Å². The van der Waals surface area contributed by atoms with Crippen LogP contribution in [0.25, 0.3) is 0 Å². The fourth-order valence-corrected chi connectivity index (χ4v) is 5.76. The Hall–Kier alpha value is -2.95. The number of amides is 1. The van der Waals surface area contributed by atoms with Gasteiger partial charge in [-0.25, -0.2) is 0 Å². The van der Waals surface area contributed by atoms with Gasteiger partial charge in [-0.15, -0.1) is 0 Å². The van der Waals surface area contributed by atoms with Crippen molar-refractivity contribution in [2.45, 2.75) is 58.7 Å². The molecule has 0 saturated heterocycles. The third-order valence-corrected chi connectivity index (χ3v) is 7.31. The van der Waals surface area contributed by atoms with Crippen molar-refractivity contribution in [1.29, 1.82) is 0 Å². The van der Waals surface area contributed by atoms with E-state index in [0.717, 1.165) is 30.4 Å². The number of fused-ring (bicyclic) bond motifs is 1. The topological polar surface area (TPSA) is 59.5 Å². The zero-order chi connectivity index (χ0) is 22.4. The van der Waals surface area contributed by atoms with Gasteiger partial charge in [0.05, 0.1) is 17.5 Å². The van der Waals surface area contributed by atoms with Crippen molar-refractivity contribution in [2.24, 2.45) is 17.8 Å². The van der Waals surface area contributed by atoms with E-state index in [-0.39, 0.29) is 35.4 Å². The summed E-state index contributed by atoms with van der Waals surface area (Å²) in [6, 6.07) is 11.7. The summed E-state index contributed by atoms with van der Waals surface area (Å²) < 4.78 is 6.37. The second kappa shape index (κ2) is 8.19. The predicted octanol–water partition coefficient (Wildman–Crippen LogP) is 4.63. The van der Waals surface area contributed by atoms with Gasteiger partial charge in [0.1, 0.15) is 6.10 Å². The number of Topliss-reactive ketones (excluding diaryl/α,β-unsaturated/α-hetero) is 1. The van der Waals surface area contributed by atoms with Crippen LogP contribution in [0.2, 0.25) is 0 Å². The summed E-state index contributed by atoms with van der Waals surface area (Å²) in [5.41, 5.74) is 3.66. The van der Waals surface area contributed by atoms with Crippen molar-refractivity contribution in [3.8, 4) is 0 Å². The molecule has 5 unspecified atom stereocenters. The van der Waals surface area contributed by atoms with Gasteiger partial charge in [0, 0.05) is 18.9 Å². The molecule has 5 atom stereocenters. The second-order valence-electron chi connectivity index (χ2n) is 9.64. The van der Waals surface area contributed by atoms with E-state index in [1.165, 1.54) is 5.56 Å². The van der Waals surface area contributed by atoms with Crippen LogP contribution in [0.4, 0.5) is 0 Å².